The highest BCUT2D eigenvalue weighted by atomic mass is 16.5. The maximum Gasteiger partial charge on any atom is 0.119 e. The van der Waals surface area contributed by atoms with Crippen LogP contribution in [0.1, 0.15) is 17.2 Å². The molecule has 2 N–H and O–H groups in total. The monoisotopic (exact) mass is 214 g/mol. The first-order chi connectivity index (χ1) is 7.81. The van der Waals surface area contributed by atoms with Crippen molar-refractivity contribution in [1.29, 1.82) is 0 Å². The molecule has 0 aliphatic rings. The first-order valence-electron chi connectivity index (χ1n) is 5.10. The van der Waals surface area contributed by atoms with Gasteiger partial charge in [-0.15, -0.1) is 0 Å². The number of rotatable bonds is 3. The molecule has 0 saturated heterocycles. The van der Waals surface area contributed by atoms with Crippen LogP contribution in [0.4, 0.5) is 0 Å². The zero-order valence-corrected chi connectivity index (χ0v) is 9.13. The van der Waals surface area contributed by atoms with Crippen molar-refractivity contribution in [2.75, 3.05) is 7.11 Å². The Labute approximate surface area is 94.9 Å². The number of methoxy groups -OCH3 is 1. The van der Waals surface area contributed by atoms with Crippen LogP contribution in [0, 0.1) is 0 Å². The van der Waals surface area contributed by atoms with Crippen LogP contribution in [0.2, 0.25) is 0 Å². The van der Waals surface area contributed by atoms with E-state index in [-0.39, 0.29) is 6.04 Å². The summed E-state index contributed by atoms with van der Waals surface area (Å²) in [4.78, 5) is 4.06. The number of ether oxygens (including phenoxy) is 1. The predicted molar refractivity (Wildman–Crippen MR) is 63.3 cm³/mol. The first kappa shape index (κ1) is 10.6. The quantitative estimate of drug-likeness (QED) is 0.851. The topological polar surface area (TPSA) is 48.1 Å². The minimum atomic E-state index is -0.163. The van der Waals surface area contributed by atoms with Gasteiger partial charge < -0.3 is 10.5 Å². The minimum Gasteiger partial charge on any atom is -0.497 e. The van der Waals surface area contributed by atoms with Crippen molar-refractivity contribution in [2.45, 2.75) is 6.04 Å². The molecule has 0 saturated carbocycles. The summed E-state index contributed by atoms with van der Waals surface area (Å²) < 4.78 is 5.17. The molecular weight excluding hydrogens is 200 g/mol. The van der Waals surface area contributed by atoms with Gasteiger partial charge in [-0.05, 0) is 29.3 Å². The second-order valence-electron chi connectivity index (χ2n) is 3.54. The number of hydrogen-bond donors (Lipinski definition) is 1. The fourth-order valence-corrected chi connectivity index (χ4v) is 1.59. The number of aromatic nitrogens is 1. The van der Waals surface area contributed by atoms with Gasteiger partial charge in [0.15, 0.2) is 0 Å². The summed E-state index contributed by atoms with van der Waals surface area (Å²) in [7, 11) is 1.65. The molecule has 3 heteroatoms. The van der Waals surface area contributed by atoms with E-state index in [9.17, 15) is 0 Å². The van der Waals surface area contributed by atoms with Crippen molar-refractivity contribution < 1.29 is 4.74 Å². The summed E-state index contributed by atoms with van der Waals surface area (Å²) in [6.07, 6.45) is 3.52. The van der Waals surface area contributed by atoms with Gasteiger partial charge in [0.05, 0.1) is 13.2 Å². The molecule has 0 aliphatic carbocycles. The van der Waals surface area contributed by atoms with Crippen LogP contribution in [-0.2, 0) is 0 Å². The Bertz CT molecular complexity index is 456. The molecule has 0 unspecified atom stereocenters. The highest BCUT2D eigenvalue weighted by molar-refractivity contribution is 5.35. The molecule has 0 fully saturated rings. The Balaban J connectivity index is 2.30. The molecule has 3 nitrogen and oxygen atoms in total. The van der Waals surface area contributed by atoms with Crippen LogP contribution in [0.15, 0.2) is 48.8 Å². The maximum absolute atomic E-state index is 6.14. The van der Waals surface area contributed by atoms with Crippen LogP contribution >= 0.6 is 0 Å². The molecule has 1 heterocycles. The maximum atomic E-state index is 6.14. The van der Waals surface area contributed by atoms with Crippen LogP contribution < -0.4 is 10.5 Å². The number of nitrogens with zero attached hydrogens (tertiary/aromatic N) is 1. The molecule has 0 bridgehead atoms. The zero-order valence-electron chi connectivity index (χ0n) is 9.13. The number of hydrogen-bond acceptors (Lipinski definition) is 3. The van der Waals surface area contributed by atoms with Gasteiger partial charge in [0.1, 0.15) is 5.75 Å². The predicted octanol–water partition coefficient (Wildman–Crippen LogP) is 2.14. The molecular formula is C13H14N2O. The lowest BCUT2D eigenvalue weighted by Gasteiger charge is -2.12. The largest absolute Gasteiger partial charge is 0.497 e. The van der Waals surface area contributed by atoms with Crippen LogP contribution in [-0.4, -0.2) is 12.1 Å². The average molecular weight is 214 g/mol. The van der Waals surface area contributed by atoms with Crippen LogP contribution in [0.3, 0.4) is 0 Å². The summed E-state index contributed by atoms with van der Waals surface area (Å²) in [6.45, 7) is 0. The van der Waals surface area contributed by atoms with E-state index in [1.165, 1.54) is 0 Å². The van der Waals surface area contributed by atoms with E-state index in [1.807, 2.05) is 36.4 Å². The third-order valence-corrected chi connectivity index (χ3v) is 2.50. The molecule has 1 aromatic heterocycles. The Morgan fingerprint density at radius 3 is 2.69 bits per heavy atom. The lowest BCUT2D eigenvalue weighted by atomic mass is 10.0. The van der Waals surface area contributed by atoms with E-state index in [4.69, 9.17) is 10.5 Å². The summed E-state index contributed by atoms with van der Waals surface area (Å²) in [5.74, 6) is 0.817. The van der Waals surface area contributed by atoms with E-state index in [0.29, 0.717) is 0 Å². The fourth-order valence-electron chi connectivity index (χ4n) is 1.59. The van der Waals surface area contributed by atoms with Crippen molar-refractivity contribution in [3.8, 4) is 5.75 Å². The zero-order chi connectivity index (χ0) is 11.4. The summed E-state index contributed by atoms with van der Waals surface area (Å²) in [6, 6.07) is 11.5. The molecule has 0 aliphatic heterocycles. The second-order valence-corrected chi connectivity index (χ2v) is 3.54. The first-order valence-corrected chi connectivity index (χ1v) is 5.10. The SMILES string of the molecule is COc1cccc([C@@H](N)c2cccnc2)c1. The molecule has 2 rings (SSSR count). The van der Waals surface area contributed by atoms with Gasteiger partial charge >= 0.3 is 0 Å². The fraction of sp³-hybridized carbons (Fsp3) is 0.154. The van der Waals surface area contributed by atoms with Crippen molar-refractivity contribution in [1.82, 2.24) is 4.98 Å². The lowest BCUT2D eigenvalue weighted by Crippen LogP contribution is -2.11. The number of nitrogens with two attached hydrogens (primary N) is 1. The summed E-state index contributed by atoms with van der Waals surface area (Å²) >= 11 is 0. The lowest BCUT2D eigenvalue weighted by molar-refractivity contribution is 0.414. The van der Waals surface area contributed by atoms with Gasteiger partial charge in [-0.1, -0.05) is 18.2 Å². The molecule has 2 aromatic rings. The molecule has 1 atom stereocenters. The van der Waals surface area contributed by atoms with Crippen molar-refractivity contribution in [3.05, 3.63) is 59.9 Å². The van der Waals surface area contributed by atoms with Gasteiger partial charge in [-0.3, -0.25) is 4.98 Å². The van der Waals surface area contributed by atoms with Crippen molar-refractivity contribution >= 4 is 0 Å². The highest BCUT2D eigenvalue weighted by Gasteiger charge is 2.09. The van der Waals surface area contributed by atoms with E-state index in [0.717, 1.165) is 16.9 Å². The van der Waals surface area contributed by atoms with Gasteiger partial charge in [-0.25, -0.2) is 0 Å². The third kappa shape index (κ3) is 2.20. The Hall–Kier alpha value is -1.87. The minimum absolute atomic E-state index is 0.163. The van der Waals surface area contributed by atoms with Crippen LogP contribution in [0.5, 0.6) is 5.75 Å². The number of benzene rings is 1. The van der Waals surface area contributed by atoms with E-state index in [1.54, 1.807) is 19.5 Å². The second kappa shape index (κ2) is 4.77. The summed E-state index contributed by atoms with van der Waals surface area (Å²) in [5.41, 5.74) is 8.16. The van der Waals surface area contributed by atoms with Gasteiger partial charge in [-0.2, -0.15) is 0 Å². The van der Waals surface area contributed by atoms with E-state index >= 15 is 0 Å². The molecule has 0 amide bonds. The van der Waals surface area contributed by atoms with E-state index < -0.39 is 0 Å². The standard InChI is InChI=1S/C13H14N2O/c1-16-12-6-2-4-10(8-12)13(14)11-5-3-7-15-9-11/h2-9,13H,14H2,1H3/t13-/m1/s1. The summed E-state index contributed by atoms with van der Waals surface area (Å²) in [5, 5.41) is 0. The van der Waals surface area contributed by atoms with Gasteiger partial charge in [0.2, 0.25) is 0 Å². The van der Waals surface area contributed by atoms with Gasteiger partial charge in [0.25, 0.3) is 0 Å². The molecule has 0 spiro atoms. The Kier molecular flexibility index (Phi) is 3.17. The van der Waals surface area contributed by atoms with Crippen molar-refractivity contribution in [2.24, 2.45) is 5.73 Å². The van der Waals surface area contributed by atoms with E-state index in [2.05, 4.69) is 4.98 Å². The Morgan fingerprint density at radius 2 is 2.00 bits per heavy atom. The smallest absolute Gasteiger partial charge is 0.119 e. The number of pyridine rings is 1. The normalized spacial score (nSPS) is 12.1. The van der Waals surface area contributed by atoms with Crippen molar-refractivity contribution in [3.63, 3.8) is 0 Å². The molecule has 1 aromatic carbocycles. The van der Waals surface area contributed by atoms with Gasteiger partial charge in [0, 0.05) is 12.4 Å². The average Bonchev–Trinajstić information content (AvgIpc) is 2.39. The molecule has 82 valence electrons. The third-order valence-electron chi connectivity index (χ3n) is 2.50. The highest BCUT2D eigenvalue weighted by Crippen LogP contribution is 2.22. The Morgan fingerprint density at radius 1 is 1.19 bits per heavy atom. The van der Waals surface area contributed by atoms with Crippen LogP contribution in [0.25, 0.3) is 0 Å². The molecule has 0 radical (unpaired) electrons. The molecule has 16 heavy (non-hydrogen) atoms.